The largest absolute Gasteiger partial charge is 0.342 e. The van der Waals surface area contributed by atoms with Gasteiger partial charge < -0.3 is 10.7 Å². The molecule has 0 amide bonds. The number of fused-ring (bicyclic) bond motifs is 1. The fourth-order valence-corrected chi connectivity index (χ4v) is 2.02. The van der Waals surface area contributed by atoms with E-state index >= 15 is 0 Å². The van der Waals surface area contributed by atoms with Crippen molar-refractivity contribution in [1.29, 1.82) is 0 Å². The Bertz CT molecular complexity index is 485. The number of imidazole rings is 1. The van der Waals surface area contributed by atoms with Gasteiger partial charge in [-0.15, -0.1) is 0 Å². The molecular weight excluding hydrogens is 198 g/mol. The van der Waals surface area contributed by atoms with Gasteiger partial charge in [0.15, 0.2) is 0 Å². The summed E-state index contributed by atoms with van der Waals surface area (Å²) in [5.74, 6) is 1.83. The molecule has 2 rings (SSSR count). The van der Waals surface area contributed by atoms with Crippen molar-refractivity contribution in [1.82, 2.24) is 9.97 Å². The minimum absolute atomic E-state index is 0.313. The normalized spacial score (nSPS) is 13.6. The summed E-state index contributed by atoms with van der Waals surface area (Å²) in [4.78, 5) is 7.99. The summed E-state index contributed by atoms with van der Waals surface area (Å²) < 4.78 is 0. The van der Waals surface area contributed by atoms with Crippen LogP contribution in [0, 0.1) is 12.8 Å². The molecule has 2 aromatic rings. The van der Waals surface area contributed by atoms with Gasteiger partial charge in [0.2, 0.25) is 0 Å². The summed E-state index contributed by atoms with van der Waals surface area (Å²) in [6, 6.07) is 6.26. The molecule has 0 spiro atoms. The van der Waals surface area contributed by atoms with Crippen LogP contribution >= 0.6 is 0 Å². The fraction of sp³-hybridized carbons (Fsp3) is 0.462. The third kappa shape index (κ3) is 1.95. The maximum atomic E-state index is 5.80. The zero-order valence-electron chi connectivity index (χ0n) is 10.1. The Labute approximate surface area is 96.1 Å². The minimum Gasteiger partial charge on any atom is -0.342 e. The Morgan fingerprint density at radius 1 is 1.38 bits per heavy atom. The van der Waals surface area contributed by atoms with Crippen LogP contribution in [0.3, 0.4) is 0 Å². The number of aryl methyl sites for hydroxylation is 1. The van der Waals surface area contributed by atoms with Gasteiger partial charge in [0.1, 0.15) is 5.82 Å². The molecule has 3 nitrogen and oxygen atoms in total. The standard InChI is InChI=1S/C13H19N3/c1-8(2)10(7-14)13-15-11-5-4-9(3)6-12(11)16-13/h4-6,8,10H,7,14H2,1-3H3,(H,15,16). The molecule has 1 heterocycles. The number of hydrogen-bond acceptors (Lipinski definition) is 2. The molecule has 0 saturated carbocycles. The molecule has 1 unspecified atom stereocenters. The lowest BCUT2D eigenvalue weighted by Crippen LogP contribution is -2.18. The Kier molecular flexibility index (Phi) is 2.97. The zero-order chi connectivity index (χ0) is 11.7. The highest BCUT2D eigenvalue weighted by molar-refractivity contribution is 5.75. The molecule has 1 atom stereocenters. The second-order valence-corrected chi connectivity index (χ2v) is 4.73. The highest BCUT2D eigenvalue weighted by atomic mass is 14.9. The Balaban J connectivity index is 2.45. The number of rotatable bonds is 3. The summed E-state index contributed by atoms with van der Waals surface area (Å²) in [6.07, 6.45) is 0. The summed E-state index contributed by atoms with van der Waals surface area (Å²) in [5, 5.41) is 0. The topological polar surface area (TPSA) is 54.7 Å². The molecule has 0 aliphatic rings. The van der Waals surface area contributed by atoms with Crippen molar-refractivity contribution in [3.05, 3.63) is 29.6 Å². The lowest BCUT2D eigenvalue weighted by Gasteiger charge is -2.15. The van der Waals surface area contributed by atoms with Crippen LogP contribution in [0.4, 0.5) is 0 Å². The van der Waals surface area contributed by atoms with E-state index in [2.05, 4.69) is 48.9 Å². The molecule has 3 N–H and O–H groups in total. The summed E-state index contributed by atoms with van der Waals surface area (Å²) in [7, 11) is 0. The monoisotopic (exact) mass is 217 g/mol. The van der Waals surface area contributed by atoms with Crippen molar-refractivity contribution in [2.75, 3.05) is 6.54 Å². The van der Waals surface area contributed by atoms with Crippen molar-refractivity contribution in [2.24, 2.45) is 11.7 Å². The Hall–Kier alpha value is -1.35. The van der Waals surface area contributed by atoms with Crippen molar-refractivity contribution < 1.29 is 0 Å². The molecule has 3 heteroatoms. The predicted molar refractivity (Wildman–Crippen MR) is 67.5 cm³/mol. The molecule has 0 aliphatic carbocycles. The van der Waals surface area contributed by atoms with Crippen LogP contribution in [-0.4, -0.2) is 16.5 Å². The van der Waals surface area contributed by atoms with Gasteiger partial charge in [-0.1, -0.05) is 19.9 Å². The van der Waals surface area contributed by atoms with Gasteiger partial charge in [-0.2, -0.15) is 0 Å². The number of nitrogens with zero attached hydrogens (tertiary/aromatic N) is 1. The van der Waals surface area contributed by atoms with Crippen LogP contribution in [0.1, 0.15) is 31.2 Å². The average Bonchev–Trinajstić information content (AvgIpc) is 2.60. The molecule has 1 aromatic carbocycles. The first-order chi connectivity index (χ1) is 7.61. The highest BCUT2D eigenvalue weighted by Crippen LogP contribution is 2.23. The molecular formula is C13H19N3. The van der Waals surface area contributed by atoms with Crippen LogP contribution in [0.25, 0.3) is 11.0 Å². The quantitative estimate of drug-likeness (QED) is 0.830. The number of hydrogen-bond donors (Lipinski definition) is 2. The number of aromatic nitrogens is 2. The molecule has 1 aromatic heterocycles. The maximum absolute atomic E-state index is 5.80. The minimum atomic E-state index is 0.313. The van der Waals surface area contributed by atoms with Crippen LogP contribution in [0.2, 0.25) is 0 Å². The lowest BCUT2D eigenvalue weighted by atomic mass is 9.95. The SMILES string of the molecule is Cc1ccc2nc(C(CN)C(C)C)[nH]c2c1. The van der Waals surface area contributed by atoms with E-state index < -0.39 is 0 Å². The van der Waals surface area contributed by atoms with E-state index in [1.54, 1.807) is 0 Å². The van der Waals surface area contributed by atoms with E-state index in [9.17, 15) is 0 Å². The Morgan fingerprint density at radius 3 is 2.75 bits per heavy atom. The molecule has 0 saturated heterocycles. The van der Waals surface area contributed by atoms with E-state index in [0.717, 1.165) is 16.9 Å². The lowest BCUT2D eigenvalue weighted by molar-refractivity contribution is 0.488. The second kappa shape index (κ2) is 4.26. The van der Waals surface area contributed by atoms with E-state index in [1.165, 1.54) is 5.56 Å². The number of H-pyrrole nitrogens is 1. The first-order valence-corrected chi connectivity index (χ1v) is 5.78. The second-order valence-electron chi connectivity index (χ2n) is 4.73. The molecule has 0 bridgehead atoms. The molecule has 0 radical (unpaired) electrons. The van der Waals surface area contributed by atoms with E-state index in [1.807, 2.05) is 0 Å². The number of benzene rings is 1. The van der Waals surface area contributed by atoms with Gasteiger partial charge in [-0.3, -0.25) is 0 Å². The number of nitrogens with two attached hydrogens (primary N) is 1. The van der Waals surface area contributed by atoms with Gasteiger partial charge in [-0.25, -0.2) is 4.98 Å². The van der Waals surface area contributed by atoms with Crippen molar-refractivity contribution in [3.63, 3.8) is 0 Å². The molecule has 16 heavy (non-hydrogen) atoms. The first kappa shape index (κ1) is 11.1. The maximum Gasteiger partial charge on any atom is 0.111 e. The molecule has 0 aliphatic heterocycles. The average molecular weight is 217 g/mol. The van der Waals surface area contributed by atoms with Gasteiger partial charge in [-0.05, 0) is 30.5 Å². The van der Waals surface area contributed by atoms with Gasteiger partial charge in [0.25, 0.3) is 0 Å². The van der Waals surface area contributed by atoms with Crippen molar-refractivity contribution in [2.45, 2.75) is 26.7 Å². The van der Waals surface area contributed by atoms with Gasteiger partial charge >= 0.3 is 0 Å². The van der Waals surface area contributed by atoms with Gasteiger partial charge in [0, 0.05) is 12.5 Å². The van der Waals surface area contributed by atoms with Crippen molar-refractivity contribution in [3.8, 4) is 0 Å². The van der Waals surface area contributed by atoms with Crippen LogP contribution in [0.5, 0.6) is 0 Å². The molecule has 0 fully saturated rings. The number of aromatic amines is 1. The molecule has 86 valence electrons. The van der Waals surface area contributed by atoms with E-state index in [4.69, 9.17) is 5.73 Å². The van der Waals surface area contributed by atoms with E-state index in [-0.39, 0.29) is 0 Å². The van der Waals surface area contributed by atoms with Crippen LogP contribution in [0.15, 0.2) is 18.2 Å². The summed E-state index contributed by atoms with van der Waals surface area (Å²) in [5.41, 5.74) is 9.18. The summed E-state index contributed by atoms with van der Waals surface area (Å²) >= 11 is 0. The summed E-state index contributed by atoms with van der Waals surface area (Å²) in [6.45, 7) is 7.07. The first-order valence-electron chi connectivity index (χ1n) is 5.78. The highest BCUT2D eigenvalue weighted by Gasteiger charge is 2.17. The van der Waals surface area contributed by atoms with Crippen LogP contribution in [-0.2, 0) is 0 Å². The predicted octanol–water partition coefficient (Wildman–Crippen LogP) is 2.57. The third-order valence-corrected chi connectivity index (χ3v) is 3.07. The fourth-order valence-electron chi connectivity index (χ4n) is 2.02. The van der Waals surface area contributed by atoms with E-state index in [0.29, 0.717) is 18.4 Å². The Morgan fingerprint density at radius 2 is 2.12 bits per heavy atom. The smallest absolute Gasteiger partial charge is 0.111 e. The van der Waals surface area contributed by atoms with Crippen molar-refractivity contribution >= 4 is 11.0 Å². The zero-order valence-corrected chi connectivity index (χ0v) is 10.1. The van der Waals surface area contributed by atoms with Gasteiger partial charge in [0.05, 0.1) is 11.0 Å². The number of nitrogens with one attached hydrogen (secondary N) is 1. The van der Waals surface area contributed by atoms with Crippen LogP contribution < -0.4 is 5.73 Å². The third-order valence-electron chi connectivity index (χ3n) is 3.07.